The summed E-state index contributed by atoms with van der Waals surface area (Å²) in [5.74, 6) is 0.0186. The molecule has 0 saturated carbocycles. The van der Waals surface area contributed by atoms with Crippen LogP contribution < -0.4 is 10.2 Å². The van der Waals surface area contributed by atoms with Crippen LogP contribution in [0.4, 0.5) is 10.8 Å². The van der Waals surface area contributed by atoms with Crippen molar-refractivity contribution >= 4 is 28.1 Å². The molecule has 5 nitrogen and oxygen atoms in total. The van der Waals surface area contributed by atoms with Crippen molar-refractivity contribution in [1.82, 2.24) is 4.98 Å². The number of thiazole rings is 1. The Kier molecular flexibility index (Phi) is 5.05. The number of fused-ring (bicyclic) bond motifs is 1. The van der Waals surface area contributed by atoms with E-state index < -0.39 is 5.41 Å². The lowest BCUT2D eigenvalue weighted by Gasteiger charge is -2.32. The molecule has 2 aromatic carbocycles. The first-order chi connectivity index (χ1) is 14.6. The Morgan fingerprint density at radius 3 is 2.73 bits per heavy atom. The van der Waals surface area contributed by atoms with E-state index in [4.69, 9.17) is 4.74 Å². The Morgan fingerprint density at radius 2 is 2.00 bits per heavy atom. The Labute approximate surface area is 180 Å². The first-order valence-corrected chi connectivity index (χ1v) is 11.2. The molecule has 1 aliphatic carbocycles. The monoisotopic (exact) mass is 419 g/mol. The van der Waals surface area contributed by atoms with Crippen molar-refractivity contribution in [2.24, 2.45) is 5.41 Å². The van der Waals surface area contributed by atoms with Crippen molar-refractivity contribution in [3.8, 4) is 0 Å². The largest absolute Gasteiger partial charge is 0.378 e. The van der Waals surface area contributed by atoms with E-state index in [2.05, 4.69) is 64.6 Å². The molecule has 1 aromatic heterocycles. The topological polar surface area (TPSA) is 54.5 Å². The summed E-state index contributed by atoms with van der Waals surface area (Å²) in [5, 5.41) is 5.59. The van der Waals surface area contributed by atoms with Gasteiger partial charge in [0.1, 0.15) is 0 Å². The van der Waals surface area contributed by atoms with Gasteiger partial charge in [-0.15, -0.1) is 11.3 Å². The SMILES string of the molecule is CC1(C(=O)Nc2nccs2)Cc2ccc(N3CCOCC3)cc2C1c1ccccc1. The van der Waals surface area contributed by atoms with Gasteiger partial charge >= 0.3 is 0 Å². The molecular formula is C24H25N3O2S. The number of amides is 1. The second kappa shape index (κ2) is 7.85. The number of benzene rings is 2. The Bertz CT molecular complexity index is 1030. The van der Waals surface area contributed by atoms with Gasteiger partial charge in [-0.2, -0.15) is 0 Å². The highest BCUT2D eigenvalue weighted by Gasteiger charge is 2.49. The number of nitrogens with one attached hydrogen (secondary N) is 1. The van der Waals surface area contributed by atoms with Crippen LogP contribution in [-0.2, 0) is 16.0 Å². The molecule has 0 bridgehead atoms. The fourth-order valence-corrected chi connectivity index (χ4v) is 5.32. The van der Waals surface area contributed by atoms with Crippen molar-refractivity contribution < 1.29 is 9.53 Å². The second-order valence-corrected chi connectivity index (χ2v) is 9.11. The Morgan fingerprint density at radius 1 is 1.20 bits per heavy atom. The minimum Gasteiger partial charge on any atom is -0.378 e. The molecule has 2 unspecified atom stereocenters. The van der Waals surface area contributed by atoms with Crippen LogP contribution in [0.3, 0.4) is 0 Å². The van der Waals surface area contributed by atoms with Crippen molar-refractivity contribution in [2.45, 2.75) is 19.3 Å². The van der Waals surface area contributed by atoms with Crippen LogP contribution in [0.1, 0.15) is 29.5 Å². The van der Waals surface area contributed by atoms with Crippen molar-refractivity contribution in [1.29, 1.82) is 0 Å². The van der Waals surface area contributed by atoms with Gasteiger partial charge in [-0.25, -0.2) is 4.98 Å². The summed E-state index contributed by atoms with van der Waals surface area (Å²) in [4.78, 5) is 20.1. The van der Waals surface area contributed by atoms with E-state index in [0.29, 0.717) is 11.6 Å². The van der Waals surface area contributed by atoms with Gasteiger partial charge < -0.3 is 15.0 Å². The standard InChI is InChI=1S/C24H25N3O2S/c1-24(22(28)26-23-25-9-14-30-23)16-18-7-8-19(27-10-12-29-13-11-27)15-20(18)21(24)17-5-3-2-4-6-17/h2-9,14-15,21H,10-13,16H2,1H3,(H,25,26,28). The number of hydrogen-bond acceptors (Lipinski definition) is 5. The van der Waals surface area contributed by atoms with Gasteiger partial charge in [-0.05, 0) is 42.2 Å². The van der Waals surface area contributed by atoms with E-state index in [1.807, 2.05) is 11.4 Å². The molecule has 0 spiro atoms. The van der Waals surface area contributed by atoms with E-state index >= 15 is 0 Å². The molecule has 5 rings (SSSR count). The van der Waals surface area contributed by atoms with Crippen LogP contribution in [0.25, 0.3) is 0 Å². The predicted molar refractivity (Wildman–Crippen MR) is 120 cm³/mol. The molecule has 154 valence electrons. The number of nitrogens with zero attached hydrogens (tertiary/aromatic N) is 2. The Balaban J connectivity index is 1.55. The summed E-state index contributed by atoms with van der Waals surface area (Å²) < 4.78 is 5.52. The molecular weight excluding hydrogens is 394 g/mol. The van der Waals surface area contributed by atoms with Crippen LogP contribution in [-0.4, -0.2) is 37.2 Å². The molecule has 1 aliphatic heterocycles. The van der Waals surface area contributed by atoms with Gasteiger partial charge in [-0.1, -0.05) is 36.4 Å². The summed E-state index contributed by atoms with van der Waals surface area (Å²) in [5.41, 5.74) is 4.30. The summed E-state index contributed by atoms with van der Waals surface area (Å²) in [7, 11) is 0. The van der Waals surface area contributed by atoms with Crippen molar-refractivity contribution in [3.05, 3.63) is 76.8 Å². The average molecular weight is 420 g/mol. The third kappa shape index (κ3) is 3.40. The molecule has 6 heteroatoms. The zero-order valence-corrected chi connectivity index (χ0v) is 17.8. The van der Waals surface area contributed by atoms with E-state index in [9.17, 15) is 4.79 Å². The van der Waals surface area contributed by atoms with Gasteiger partial charge in [0.25, 0.3) is 0 Å². The van der Waals surface area contributed by atoms with E-state index in [1.54, 1.807) is 6.20 Å². The van der Waals surface area contributed by atoms with Gasteiger partial charge in [-0.3, -0.25) is 4.79 Å². The number of anilines is 2. The lowest BCUT2D eigenvalue weighted by atomic mass is 9.73. The molecule has 2 heterocycles. The normalized spacial score (nSPS) is 23.2. The van der Waals surface area contributed by atoms with Crippen LogP contribution in [0.5, 0.6) is 0 Å². The third-order valence-electron chi connectivity index (χ3n) is 6.32. The predicted octanol–water partition coefficient (Wildman–Crippen LogP) is 4.31. The summed E-state index contributed by atoms with van der Waals surface area (Å²) in [6.45, 7) is 5.40. The quantitative estimate of drug-likeness (QED) is 0.685. The number of carbonyl (C=O) groups excluding carboxylic acids is 1. The molecule has 1 saturated heterocycles. The van der Waals surface area contributed by atoms with Crippen molar-refractivity contribution in [3.63, 3.8) is 0 Å². The highest BCUT2D eigenvalue weighted by molar-refractivity contribution is 7.13. The maximum Gasteiger partial charge on any atom is 0.233 e. The fraction of sp³-hybridized carbons (Fsp3) is 0.333. The van der Waals surface area contributed by atoms with Gasteiger partial charge in [0.05, 0.1) is 18.6 Å². The molecule has 3 aromatic rings. The smallest absolute Gasteiger partial charge is 0.233 e. The first-order valence-electron chi connectivity index (χ1n) is 10.4. The minimum absolute atomic E-state index is 0.00495. The Hall–Kier alpha value is -2.70. The highest BCUT2D eigenvalue weighted by Crippen LogP contribution is 2.52. The van der Waals surface area contributed by atoms with Crippen LogP contribution in [0.2, 0.25) is 0 Å². The maximum atomic E-state index is 13.5. The third-order valence-corrected chi connectivity index (χ3v) is 7.00. The van der Waals surface area contributed by atoms with Crippen LogP contribution in [0.15, 0.2) is 60.1 Å². The van der Waals surface area contributed by atoms with Gasteiger partial charge in [0.15, 0.2) is 5.13 Å². The number of hydrogen-bond donors (Lipinski definition) is 1. The summed E-state index contributed by atoms with van der Waals surface area (Å²) >= 11 is 1.45. The fourth-order valence-electron chi connectivity index (χ4n) is 4.80. The molecule has 2 atom stereocenters. The second-order valence-electron chi connectivity index (χ2n) is 8.21. The van der Waals surface area contributed by atoms with Crippen molar-refractivity contribution in [2.75, 3.05) is 36.5 Å². The molecule has 0 radical (unpaired) electrons. The lowest BCUT2D eigenvalue weighted by Crippen LogP contribution is -2.37. The average Bonchev–Trinajstić information content (AvgIpc) is 3.40. The van der Waals surface area contributed by atoms with Crippen LogP contribution >= 0.6 is 11.3 Å². The number of ether oxygens (including phenoxy) is 1. The zero-order chi connectivity index (χ0) is 20.6. The minimum atomic E-state index is -0.584. The van der Waals surface area contributed by atoms with Gasteiger partial charge in [0, 0.05) is 36.3 Å². The molecule has 2 aliphatic rings. The summed E-state index contributed by atoms with van der Waals surface area (Å²) in [6, 6.07) is 17.1. The number of aromatic nitrogens is 1. The van der Waals surface area contributed by atoms with E-state index in [0.717, 1.165) is 26.3 Å². The van der Waals surface area contributed by atoms with E-state index in [-0.39, 0.29) is 11.8 Å². The van der Waals surface area contributed by atoms with E-state index in [1.165, 1.54) is 33.7 Å². The zero-order valence-electron chi connectivity index (χ0n) is 17.0. The number of morpholine rings is 1. The molecule has 30 heavy (non-hydrogen) atoms. The molecule has 1 amide bonds. The number of carbonyl (C=O) groups is 1. The maximum absolute atomic E-state index is 13.5. The van der Waals surface area contributed by atoms with Crippen LogP contribution in [0, 0.1) is 5.41 Å². The number of rotatable bonds is 4. The highest BCUT2D eigenvalue weighted by atomic mass is 32.1. The van der Waals surface area contributed by atoms with Gasteiger partial charge in [0.2, 0.25) is 5.91 Å². The lowest BCUT2D eigenvalue weighted by molar-refractivity contribution is -0.125. The first kappa shape index (κ1) is 19.3. The molecule has 1 fully saturated rings. The molecule has 1 N–H and O–H groups in total. The summed E-state index contributed by atoms with van der Waals surface area (Å²) in [6.07, 6.45) is 2.43.